The Bertz CT molecular complexity index is 369. The van der Waals surface area contributed by atoms with Crippen LogP contribution in [-0.2, 0) is 6.42 Å². The van der Waals surface area contributed by atoms with Crippen LogP contribution in [0.3, 0.4) is 0 Å². The summed E-state index contributed by atoms with van der Waals surface area (Å²) in [5, 5.41) is 2.99. The second-order valence-electron chi connectivity index (χ2n) is 3.31. The average molecular weight is 203 g/mol. The van der Waals surface area contributed by atoms with Crippen molar-refractivity contribution in [2.45, 2.75) is 19.8 Å². The van der Waals surface area contributed by atoms with Crippen LogP contribution in [0.2, 0.25) is 0 Å². The number of nitrogens with one attached hydrogen (secondary N) is 1. The first-order chi connectivity index (χ1) is 7.22. The van der Waals surface area contributed by atoms with Crippen LogP contribution in [-0.4, -0.2) is 18.7 Å². The molecule has 1 N–H and O–H groups in total. The topological polar surface area (TPSA) is 37.3 Å². The second-order valence-corrected chi connectivity index (χ2v) is 3.31. The molecule has 0 radical (unpaired) electrons. The van der Waals surface area contributed by atoms with Gasteiger partial charge in [0.05, 0.1) is 0 Å². The summed E-state index contributed by atoms with van der Waals surface area (Å²) in [6, 6.07) is 4.00. The second kappa shape index (κ2) is 5.29. The van der Waals surface area contributed by atoms with Gasteiger partial charge in [-0.05, 0) is 25.3 Å². The minimum atomic E-state index is 0.653. The van der Waals surface area contributed by atoms with E-state index in [1.807, 2.05) is 19.2 Å². The van der Waals surface area contributed by atoms with E-state index in [1.54, 1.807) is 0 Å². The SMILES string of the molecule is C=Nc1nc(CCC)ccc1C(=C)NC. The molecule has 0 saturated carbocycles. The van der Waals surface area contributed by atoms with Crippen molar-refractivity contribution in [2.75, 3.05) is 7.05 Å². The van der Waals surface area contributed by atoms with Gasteiger partial charge in [-0.3, -0.25) is 0 Å². The lowest BCUT2D eigenvalue weighted by Crippen LogP contribution is -2.04. The van der Waals surface area contributed by atoms with Gasteiger partial charge in [0.15, 0.2) is 5.82 Å². The summed E-state index contributed by atoms with van der Waals surface area (Å²) in [4.78, 5) is 8.34. The van der Waals surface area contributed by atoms with Crippen molar-refractivity contribution in [2.24, 2.45) is 4.99 Å². The molecule has 0 aliphatic carbocycles. The van der Waals surface area contributed by atoms with Crippen molar-refractivity contribution in [1.82, 2.24) is 10.3 Å². The fourth-order valence-electron chi connectivity index (χ4n) is 1.37. The normalized spacial score (nSPS) is 9.73. The van der Waals surface area contributed by atoms with Gasteiger partial charge in [0.1, 0.15) is 0 Å². The Balaban J connectivity index is 3.08. The molecule has 0 aliphatic heterocycles. The zero-order valence-electron chi connectivity index (χ0n) is 9.38. The zero-order chi connectivity index (χ0) is 11.3. The first-order valence-corrected chi connectivity index (χ1v) is 5.06. The van der Waals surface area contributed by atoms with E-state index in [-0.39, 0.29) is 0 Å². The Morgan fingerprint density at radius 3 is 2.80 bits per heavy atom. The molecule has 1 aromatic heterocycles. The molecule has 0 fully saturated rings. The van der Waals surface area contributed by atoms with E-state index in [1.165, 1.54) is 0 Å². The number of rotatable bonds is 5. The summed E-state index contributed by atoms with van der Waals surface area (Å²) >= 11 is 0. The number of aliphatic imine (C=N–C) groups is 1. The van der Waals surface area contributed by atoms with Gasteiger partial charge in [-0.15, -0.1) is 0 Å². The fraction of sp³-hybridized carbons (Fsp3) is 0.333. The minimum absolute atomic E-state index is 0.653. The van der Waals surface area contributed by atoms with Crippen LogP contribution in [0, 0.1) is 0 Å². The van der Waals surface area contributed by atoms with Gasteiger partial charge in [0.2, 0.25) is 0 Å². The fourth-order valence-corrected chi connectivity index (χ4v) is 1.37. The van der Waals surface area contributed by atoms with E-state index in [9.17, 15) is 0 Å². The summed E-state index contributed by atoms with van der Waals surface area (Å²) < 4.78 is 0. The zero-order valence-corrected chi connectivity index (χ0v) is 9.38. The first kappa shape index (κ1) is 11.4. The van der Waals surface area contributed by atoms with Gasteiger partial charge >= 0.3 is 0 Å². The van der Waals surface area contributed by atoms with Crippen molar-refractivity contribution >= 4 is 18.2 Å². The molecule has 0 amide bonds. The summed E-state index contributed by atoms with van der Waals surface area (Å²) in [6.07, 6.45) is 2.05. The Morgan fingerprint density at radius 2 is 2.27 bits per heavy atom. The maximum atomic E-state index is 4.42. The summed E-state index contributed by atoms with van der Waals surface area (Å²) in [7, 11) is 1.83. The highest BCUT2D eigenvalue weighted by molar-refractivity contribution is 5.70. The smallest absolute Gasteiger partial charge is 0.160 e. The molecule has 3 nitrogen and oxygen atoms in total. The highest BCUT2D eigenvalue weighted by Gasteiger charge is 2.06. The molecular weight excluding hydrogens is 186 g/mol. The Kier molecular flexibility index (Phi) is 4.03. The molecule has 1 aromatic rings. The number of aromatic nitrogens is 1. The van der Waals surface area contributed by atoms with Gasteiger partial charge in [0.25, 0.3) is 0 Å². The van der Waals surface area contributed by atoms with Crippen molar-refractivity contribution in [3.8, 4) is 0 Å². The quantitative estimate of drug-likeness (QED) is 0.747. The minimum Gasteiger partial charge on any atom is -0.388 e. The van der Waals surface area contributed by atoms with Crippen molar-refractivity contribution in [1.29, 1.82) is 0 Å². The van der Waals surface area contributed by atoms with Crippen molar-refractivity contribution in [3.05, 3.63) is 30.0 Å². The first-order valence-electron chi connectivity index (χ1n) is 5.06. The van der Waals surface area contributed by atoms with E-state index >= 15 is 0 Å². The predicted molar refractivity (Wildman–Crippen MR) is 65.5 cm³/mol. The Labute approximate surface area is 91.0 Å². The van der Waals surface area contributed by atoms with Crippen LogP contribution in [0.4, 0.5) is 5.82 Å². The molecule has 15 heavy (non-hydrogen) atoms. The van der Waals surface area contributed by atoms with Gasteiger partial charge < -0.3 is 5.32 Å². The van der Waals surface area contributed by atoms with Crippen molar-refractivity contribution < 1.29 is 0 Å². The number of pyridine rings is 1. The molecule has 80 valence electrons. The van der Waals surface area contributed by atoms with E-state index in [2.05, 4.69) is 35.5 Å². The van der Waals surface area contributed by atoms with Crippen LogP contribution < -0.4 is 5.32 Å². The molecule has 3 heteroatoms. The van der Waals surface area contributed by atoms with E-state index in [0.29, 0.717) is 5.82 Å². The number of aryl methyl sites for hydroxylation is 1. The highest BCUT2D eigenvalue weighted by Crippen LogP contribution is 2.22. The molecular formula is C12H17N3. The third-order valence-electron chi connectivity index (χ3n) is 2.22. The maximum absolute atomic E-state index is 4.42. The van der Waals surface area contributed by atoms with E-state index in [4.69, 9.17) is 0 Å². The molecule has 0 unspecified atom stereocenters. The van der Waals surface area contributed by atoms with Gasteiger partial charge in [-0.2, -0.15) is 0 Å². The molecule has 0 saturated heterocycles. The van der Waals surface area contributed by atoms with Gasteiger partial charge in [-0.25, -0.2) is 9.98 Å². The lowest BCUT2D eigenvalue weighted by Gasteiger charge is -2.08. The lowest BCUT2D eigenvalue weighted by molar-refractivity contribution is 0.881. The largest absolute Gasteiger partial charge is 0.388 e. The highest BCUT2D eigenvalue weighted by atomic mass is 14.9. The summed E-state index contributed by atoms with van der Waals surface area (Å²) in [5.41, 5.74) is 2.77. The predicted octanol–water partition coefficient (Wildman–Crippen LogP) is 2.56. The van der Waals surface area contributed by atoms with Crippen LogP contribution in [0.1, 0.15) is 24.6 Å². The number of nitrogens with zero attached hydrogens (tertiary/aromatic N) is 2. The summed E-state index contributed by atoms with van der Waals surface area (Å²) in [5.74, 6) is 0.653. The van der Waals surface area contributed by atoms with Crippen LogP contribution in [0.15, 0.2) is 23.7 Å². The monoisotopic (exact) mass is 203 g/mol. The third-order valence-corrected chi connectivity index (χ3v) is 2.22. The Morgan fingerprint density at radius 1 is 1.53 bits per heavy atom. The molecule has 0 aliphatic rings. The average Bonchev–Trinajstić information content (AvgIpc) is 2.28. The van der Waals surface area contributed by atoms with Crippen molar-refractivity contribution in [3.63, 3.8) is 0 Å². The number of hydrogen-bond acceptors (Lipinski definition) is 3. The lowest BCUT2D eigenvalue weighted by atomic mass is 10.1. The maximum Gasteiger partial charge on any atom is 0.160 e. The third kappa shape index (κ3) is 2.65. The van der Waals surface area contributed by atoms with E-state index in [0.717, 1.165) is 29.8 Å². The van der Waals surface area contributed by atoms with Gasteiger partial charge in [-0.1, -0.05) is 19.9 Å². The molecule has 1 heterocycles. The molecule has 0 bridgehead atoms. The molecule has 0 spiro atoms. The standard InChI is InChI=1S/C12H17N3/c1-5-6-10-7-8-11(9(2)13-3)12(14-4)15-10/h7-8,13H,2,4-6H2,1,3H3. The van der Waals surface area contributed by atoms with Gasteiger partial charge in [0, 0.05) is 24.0 Å². The van der Waals surface area contributed by atoms with Crippen LogP contribution in [0.5, 0.6) is 0 Å². The molecule has 0 aromatic carbocycles. The Hall–Kier alpha value is -1.64. The van der Waals surface area contributed by atoms with E-state index < -0.39 is 0 Å². The van der Waals surface area contributed by atoms with Crippen LogP contribution in [0.25, 0.3) is 5.70 Å². The summed E-state index contributed by atoms with van der Waals surface area (Å²) in [6.45, 7) is 9.55. The molecule has 0 atom stereocenters. The number of hydrogen-bond donors (Lipinski definition) is 1. The molecule has 1 rings (SSSR count). The van der Waals surface area contributed by atoms with Crippen LogP contribution >= 0.6 is 0 Å².